The van der Waals surface area contributed by atoms with Crippen molar-refractivity contribution in [2.75, 3.05) is 25.6 Å². The molecule has 0 aliphatic rings. The van der Waals surface area contributed by atoms with E-state index in [2.05, 4.69) is 5.32 Å². The number of rotatable bonds is 6. The third-order valence-corrected chi connectivity index (χ3v) is 3.06. The van der Waals surface area contributed by atoms with Crippen molar-refractivity contribution in [2.24, 2.45) is 0 Å². The van der Waals surface area contributed by atoms with E-state index >= 15 is 0 Å². The van der Waals surface area contributed by atoms with E-state index in [9.17, 15) is 9.90 Å². The van der Waals surface area contributed by atoms with Crippen molar-refractivity contribution < 1.29 is 14.6 Å². The Morgan fingerprint density at radius 3 is 2.35 bits per heavy atom. The normalized spacial score (nSPS) is 12.3. The van der Waals surface area contributed by atoms with E-state index in [4.69, 9.17) is 4.74 Å². The molecule has 0 aliphatic carbocycles. The monoisotopic (exact) mass is 280 g/mol. The topological polar surface area (TPSA) is 61.8 Å². The van der Waals surface area contributed by atoms with Crippen LogP contribution in [0.4, 0.5) is 10.5 Å². The summed E-state index contributed by atoms with van der Waals surface area (Å²) >= 11 is 0. The molecule has 20 heavy (non-hydrogen) atoms. The zero-order valence-corrected chi connectivity index (χ0v) is 12.6. The highest BCUT2D eigenvalue weighted by Gasteiger charge is 2.16. The van der Waals surface area contributed by atoms with Crippen molar-refractivity contribution in [3.8, 4) is 0 Å². The molecule has 0 aliphatic heterocycles. The van der Waals surface area contributed by atoms with E-state index < -0.39 is 6.10 Å². The molecule has 0 fully saturated rings. The molecule has 2 N–H and O–H groups in total. The van der Waals surface area contributed by atoms with Crippen LogP contribution in [0.25, 0.3) is 0 Å². The number of carbonyl (C=O) groups is 1. The standard InChI is InChI=1S/C15H24N2O3/c1-11(2)17(9-10-20-4)15(19)16-14-7-5-13(6-8-14)12(3)18/h5-8,11-12,18H,9-10H2,1-4H3,(H,16,19). The predicted molar refractivity (Wildman–Crippen MR) is 79.8 cm³/mol. The number of aliphatic hydroxyl groups excluding tert-OH is 1. The Labute approximate surface area is 120 Å². The molecule has 5 nitrogen and oxygen atoms in total. The average molecular weight is 280 g/mol. The van der Waals surface area contributed by atoms with Gasteiger partial charge in [-0.15, -0.1) is 0 Å². The van der Waals surface area contributed by atoms with Gasteiger partial charge in [-0.25, -0.2) is 4.79 Å². The summed E-state index contributed by atoms with van der Waals surface area (Å²) in [6.45, 7) is 6.69. The zero-order chi connectivity index (χ0) is 15.1. The number of nitrogens with zero attached hydrogens (tertiary/aromatic N) is 1. The molecular weight excluding hydrogens is 256 g/mol. The van der Waals surface area contributed by atoms with Gasteiger partial charge in [0.15, 0.2) is 0 Å². The molecule has 0 spiro atoms. The minimum Gasteiger partial charge on any atom is -0.389 e. The molecule has 1 aromatic rings. The van der Waals surface area contributed by atoms with Gasteiger partial charge in [0.25, 0.3) is 0 Å². The number of hydrogen-bond acceptors (Lipinski definition) is 3. The van der Waals surface area contributed by atoms with Crippen LogP contribution < -0.4 is 5.32 Å². The lowest BCUT2D eigenvalue weighted by Crippen LogP contribution is -2.42. The highest BCUT2D eigenvalue weighted by atomic mass is 16.5. The van der Waals surface area contributed by atoms with Gasteiger partial charge in [0.2, 0.25) is 0 Å². The Morgan fingerprint density at radius 2 is 1.90 bits per heavy atom. The first-order valence-electron chi connectivity index (χ1n) is 6.80. The van der Waals surface area contributed by atoms with E-state index in [0.717, 1.165) is 5.56 Å². The summed E-state index contributed by atoms with van der Waals surface area (Å²) in [7, 11) is 1.62. The first-order valence-corrected chi connectivity index (χ1v) is 6.80. The van der Waals surface area contributed by atoms with Gasteiger partial charge in [0.05, 0.1) is 12.7 Å². The number of carbonyl (C=O) groups excluding carboxylic acids is 1. The molecule has 1 rings (SSSR count). The Balaban J connectivity index is 2.67. The Morgan fingerprint density at radius 1 is 1.30 bits per heavy atom. The van der Waals surface area contributed by atoms with Crippen LogP contribution in [-0.2, 0) is 4.74 Å². The molecule has 1 unspecified atom stereocenters. The fourth-order valence-corrected chi connectivity index (χ4v) is 1.82. The lowest BCUT2D eigenvalue weighted by atomic mass is 10.1. The van der Waals surface area contributed by atoms with Crippen LogP contribution >= 0.6 is 0 Å². The lowest BCUT2D eigenvalue weighted by Gasteiger charge is -2.26. The van der Waals surface area contributed by atoms with Crippen molar-refractivity contribution in [1.29, 1.82) is 0 Å². The number of nitrogens with one attached hydrogen (secondary N) is 1. The number of aliphatic hydroxyl groups is 1. The maximum Gasteiger partial charge on any atom is 0.322 e. The van der Waals surface area contributed by atoms with Gasteiger partial charge in [0, 0.05) is 25.4 Å². The van der Waals surface area contributed by atoms with E-state index in [-0.39, 0.29) is 12.1 Å². The number of ether oxygens (including phenoxy) is 1. The first-order chi connectivity index (χ1) is 9.45. The summed E-state index contributed by atoms with van der Waals surface area (Å²) < 4.78 is 5.02. The zero-order valence-electron chi connectivity index (χ0n) is 12.6. The van der Waals surface area contributed by atoms with Crippen molar-refractivity contribution in [1.82, 2.24) is 4.90 Å². The van der Waals surface area contributed by atoms with Gasteiger partial charge >= 0.3 is 6.03 Å². The molecule has 0 radical (unpaired) electrons. The third kappa shape index (κ3) is 4.83. The van der Waals surface area contributed by atoms with E-state index in [1.807, 2.05) is 13.8 Å². The summed E-state index contributed by atoms with van der Waals surface area (Å²) in [5.74, 6) is 0. The molecule has 0 aromatic heterocycles. The second-order valence-corrected chi connectivity index (χ2v) is 5.01. The molecular formula is C15H24N2O3. The molecule has 0 heterocycles. The molecule has 5 heteroatoms. The van der Waals surface area contributed by atoms with Crippen LogP contribution in [0.15, 0.2) is 24.3 Å². The fourth-order valence-electron chi connectivity index (χ4n) is 1.82. The molecule has 0 saturated heterocycles. The SMILES string of the molecule is COCCN(C(=O)Nc1ccc(C(C)O)cc1)C(C)C. The first kappa shape index (κ1) is 16.5. The number of hydrogen-bond donors (Lipinski definition) is 2. The van der Waals surface area contributed by atoms with E-state index in [0.29, 0.717) is 18.8 Å². The van der Waals surface area contributed by atoms with Gasteiger partial charge in [-0.2, -0.15) is 0 Å². The molecule has 2 amide bonds. The average Bonchev–Trinajstić information content (AvgIpc) is 2.39. The van der Waals surface area contributed by atoms with Gasteiger partial charge in [-0.05, 0) is 38.5 Å². The van der Waals surface area contributed by atoms with E-state index in [1.165, 1.54) is 0 Å². The summed E-state index contributed by atoms with van der Waals surface area (Å²) in [5, 5.41) is 12.3. The second-order valence-electron chi connectivity index (χ2n) is 5.01. The second kappa shape index (κ2) is 7.87. The summed E-state index contributed by atoms with van der Waals surface area (Å²) in [4.78, 5) is 13.9. The Hall–Kier alpha value is -1.59. The third-order valence-electron chi connectivity index (χ3n) is 3.06. The smallest absolute Gasteiger partial charge is 0.322 e. The van der Waals surface area contributed by atoms with Crippen LogP contribution in [0.5, 0.6) is 0 Å². The van der Waals surface area contributed by atoms with Crippen LogP contribution in [0, 0.1) is 0 Å². The van der Waals surface area contributed by atoms with Crippen LogP contribution in [0.2, 0.25) is 0 Å². The number of amides is 2. The van der Waals surface area contributed by atoms with Crippen LogP contribution in [0.1, 0.15) is 32.4 Å². The largest absolute Gasteiger partial charge is 0.389 e. The van der Waals surface area contributed by atoms with Gasteiger partial charge in [0.1, 0.15) is 0 Å². The van der Waals surface area contributed by atoms with Gasteiger partial charge in [-0.1, -0.05) is 12.1 Å². The number of urea groups is 1. The van der Waals surface area contributed by atoms with Gasteiger partial charge < -0.3 is 20.1 Å². The number of benzene rings is 1. The van der Waals surface area contributed by atoms with Crippen LogP contribution in [-0.4, -0.2) is 42.3 Å². The highest BCUT2D eigenvalue weighted by Crippen LogP contribution is 2.16. The fraction of sp³-hybridized carbons (Fsp3) is 0.533. The summed E-state index contributed by atoms with van der Waals surface area (Å²) in [6, 6.07) is 7.12. The van der Waals surface area contributed by atoms with E-state index in [1.54, 1.807) is 43.2 Å². The minimum absolute atomic E-state index is 0.0990. The Bertz CT molecular complexity index is 416. The maximum absolute atomic E-state index is 12.2. The van der Waals surface area contributed by atoms with Crippen molar-refractivity contribution >= 4 is 11.7 Å². The van der Waals surface area contributed by atoms with Gasteiger partial charge in [-0.3, -0.25) is 0 Å². The predicted octanol–water partition coefficient (Wildman–Crippen LogP) is 2.63. The van der Waals surface area contributed by atoms with Crippen LogP contribution in [0.3, 0.4) is 0 Å². The number of methoxy groups -OCH3 is 1. The van der Waals surface area contributed by atoms with Crippen molar-refractivity contribution in [3.63, 3.8) is 0 Å². The molecule has 112 valence electrons. The Kier molecular flexibility index (Phi) is 6.48. The lowest BCUT2D eigenvalue weighted by molar-refractivity contribution is 0.143. The maximum atomic E-state index is 12.2. The quantitative estimate of drug-likeness (QED) is 0.842. The number of anilines is 1. The summed E-state index contributed by atoms with van der Waals surface area (Å²) in [5.41, 5.74) is 1.53. The summed E-state index contributed by atoms with van der Waals surface area (Å²) in [6.07, 6.45) is -0.506. The van der Waals surface area contributed by atoms with Crippen molar-refractivity contribution in [3.05, 3.63) is 29.8 Å². The highest BCUT2D eigenvalue weighted by molar-refractivity contribution is 5.89. The minimum atomic E-state index is -0.506. The molecule has 0 bridgehead atoms. The van der Waals surface area contributed by atoms with Crippen molar-refractivity contribution in [2.45, 2.75) is 32.9 Å². The molecule has 1 aromatic carbocycles. The molecule has 1 atom stereocenters. The molecule has 0 saturated carbocycles.